The van der Waals surface area contributed by atoms with Gasteiger partial charge in [-0.15, -0.1) is 0 Å². The van der Waals surface area contributed by atoms with Crippen LogP contribution >= 0.6 is 12.2 Å². The first-order valence-corrected chi connectivity index (χ1v) is 7.15. The minimum absolute atomic E-state index is 0.0204. The minimum Gasteiger partial charge on any atom is -0.507 e. The fourth-order valence-electron chi connectivity index (χ4n) is 1.95. The number of benzene rings is 2. The molecule has 0 aliphatic rings. The van der Waals surface area contributed by atoms with Gasteiger partial charge in [0.1, 0.15) is 17.1 Å². The fraction of sp³-hybridized carbons (Fsp3) is 0.0625. The number of ether oxygens (including phenoxy) is 1. The molecule has 0 radical (unpaired) electrons. The molecule has 0 aromatic heterocycles. The normalized spacial score (nSPS) is 9.88. The second-order valence-electron chi connectivity index (χ2n) is 4.65. The Morgan fingerprint density at radius 3 is 2.50 bits per heavy atom. The van der Waals surface area contributed by atoms with Gasteiger partial charge in [-0.05, 0) is 42.5 Å². The van der Waals surface area contributed by atoms with E-state index in [-0.39, 0.29) is 16.4 Å². The van der Waals surface area contributed by atoms with Crippen LogP contribution in [0.1, 0.15) is 20.7 Å². The van der Waals surface area contributed by atoms with Gasteiger partial charge in [0, 0.05) is 5.69 Å². The predicted molar refractivity (Wildman–Crippen MR) is 91.7 cm³/mol. The lowest BCUT2D eigenvalue weighted by Gasteiger charge is -2.12. The molecule has 1 amide bonds. The maximum atomic E-state index is 12.2. The number of para-hydroxylation sites is 1. The van der Waals surface area contributed by atoms with E-state index in [0.29, 0.717) is 17.0 Å². The van der Waals surface area contributed by atoms with Crippen molar-refractivity contribution in [1.82, 2.24) is 5.32 Å². The standard InChI is InChI=1S/C16H14N2O5S/c1-23-13-5-3-2-4-10(13)14(20)18-16(24)17-9-6-7-12(19)11(8-9)15(21)22/h2-8,19H,1H3,(H,21,22)(H2,17,18,20,24). The van der Waals surface area contributed by atoms with Crippen molar-refractivity contribution in [3.8, 4) is 11.5 Å². The highest BCUT2D eigenvalue weighted by Crippen LogP contribution is 2.21. The molecule has 4 N–H and O–H groups in total. The molecule has 0 saturated heterocycles. The van der Waals surface area contributed by atoms with E-state index in [0.717, 1.165) is 0 Å². The maximum absolute atomic E-state index is 12.2. The molecule has 0 unspecified atom stereocenters. The molecule has 2 rings (SSSR count). The van der Waals surface area contributed by atoms with Crippen molar-refractivity contribution >= 4 is 34.9 Å². The van der Waals surface area contributed by atoms with E-state index in [1.165, 1.54) is 25.3 Å². The summed E-state index contributed by atoms with van der Waals surface area (Å²) in [6.45, 7) is 0. The Labute approximate surface area is 142 Å². The number of thiocarbonyl (C=S) groups is 1. The number of carbonyl (C=O) groups is 2. The lowest BCUT2D eigenvalue weighted by Crippen LogP contribution is -2.34. The number of rotatable bonds is 4. The third kappa shape index (κ3) is 3.99. The van der Waals surface area contributed by atoms with Crippen LogP contribution in [0.4, 0.5) is 5.69 Å². The van der Waals surface area contributed by atoms with Crippen molar-refractivity contribution < 1.29 is 24.5 Å². The van der Waals surface area contributed by atoms with E-state index in [1.54, 1.807) is 24.3 Å². The fourth-order valence-corrected chi connectivity index (χ4v) is 2.16. The van der Waals surface area contributed by atoms with Gasteiger partial charge in [-0.1, -0.05) is 12.1 Å². The quantitative estimate of drug-likeness (QED) is 0.496. The number of aromatic carboxylic acids is 1. The van der Waals surface area contributed by atoms with E-state index in [9.17, 15) is 14.7 Å². The van der Waals surface area contributed by atoms with Gasteiger partial charge in [-0.3, -0.25) is 10.1 Å². The molecule has 8 heteroatoms. The van der Waals surface area contributed by atoms with Crippen LogP contribution in [0, 0.1) is 0 Å². The van der Waals surface area contributed by atoms with Gasteiger partial charge in [-0.25, -0.2) is 4.79 Å². The molecule has 124 valence electrons. The van der Waals surface area contributed by atoms with Crippen molar-refractivity contribution in [2.75, 3.05) is 12.4 Å². The average molecular weight is 346 g/mol. The molecule has 0 aliphatic carbocycles. The molecule has 7 nitrogen and oxygen atoms in total. The Balaban J connectivity index is 2.09. The van der Waals surface area contributed by atoms with Gasteiger partial charge in [-0.2, -0.15) is 0 Å². The lowest BCUT2D eigenvalue weighted by atomic mass is 10.2. The first-order chi connectivity index (χ1) is 11.4. The Morgan fingerprint density at radius 1 is 1.12 bits per heavy atom. The summed E-state index contributed by atoms with van der Waals surface area (Å²) in [6.07, 6.45) is 0. The van der Waals surface area contributed by atoms with Crippen LogP contribution in [0.15, 0.2) is 42.5 Å². The molecule has 0 spiro atoms. The minimum atomic E-state index is -1.28. The van der Waals surface area contributed by atoms with E-state index < -0.39 is 11.9 Å². The molecule has 0 atom stereocenters. The monoisotopic (exact) mass is 346 g/mol. The van der Waals surface area contributed by atoms with Crippen LogP contribution in [-0.2, 0) is 0 Å². The molecule has 2 aromatic rings. The van der Waals surface area contributed by atoms with Crippen molar-refractivity contribution in [1.29, 1.82) is 0 Å². The van der Waals surface area contributed by atoms with Gasteiger partial charge in [0.05, 0.1) is 12.7 Å². The zero-order chi connectivity index (χ0) is 17.7. The molecular formula is C16H14N2O5S. The lowest BCUT2D eigenvalue weighted by molar-refractivity contribution is 0.0693. The summed E-state index contributed by atoms with van der Waals surface area (Å²) in [7, 11) is 1.45. The van der Waals surface area contributed by atoms with Gasteiger partial charge in [0.15, 0.2) is 5.11 Å². The number of amides is 1. The number of carbonyl (C=O) groups excluding carboxylic acids is 1. The third-order valence-corrected chi connectivity index (χ3v) is 3.27. The number of methoxy groups -OCH3 is 1. The van der Waals surface area contributed by atoms with E-state index in [1.807, 2.05) is 0 Å². The van der Waals surface area contributed by atoms with Crippen LogP contribution in [0.2, 0.25) is 0 Å². The maximum Gasteiger partial charge on any atom is 0.339 e. The highest BCUT2D eigenvalue weighted by atomic mass is 32.1. The largest absolute Gasteiger partial charge is 0.507 e. The second-order valence-corrected chi connectivity index (χ2v) is 5.05. The van der Waals surface area contributed by atoms with E-state index in [2.05, 4.69) is 10.6 Å². The van der Waals surface area contributed by atoms with E-state index >= 15 is 0 Å². The molecule has 0 saturated carbocycles. The van der Waals surface area contributed by atoms with Gasteiger partial charge in [0.2, 0.25) is 0 Å². The van der Waals surface area contributed by atoms with Crippen LogP contribution < -0.4 is 15.4 Å². The summed E-state index contributed by atoms with van der Waals surface area (Å²) in [5.41, 5.74) is 0.343. The summed E-state index contributed by atoms with van der Waals surface area (Å²) in [6, 6.07) is 10.5. The van der Waals surface area contributed by atoms with Gasteiger partial charge in [0.25, 0.3) is 5.91 Å². The number of aromatic hydroxyl groups is 1. The molecular weight excluding hydrogens is 332 g/mol. The summed E-state index contributed by atoms with van der Waals surface area (Å²) in [5.74, 6) is -1.71. The molecule has 24 heavy (non-hydrogen) atoms. The highest BCUT2D eigenvalue weighted by molar-refractivity contribution is 7.80. The van der Waals surface area contributed by atoms with Crippen LogP contribution in [0.3, 0.4) is 0 Å². The Morgan fingerprint density at radius 2 is 1.83 bits per heavy atom. The van der Waals surface area contributed by atoms with Crippen LogP contribution in [0.5, 0.6) is 11.5 Å². The van der Waals surface area contributed by atoms with Crippen molar-refractivity contribution in [2.24, 2.45) is 0 Å². The molecule has 2 aromatic carbocycles. The first kappa shape index (κ1) is 17.2. The summed E-state index contributed by atoms with van der Waals surface area (Å²) in [4.78, 5) is 23.2. The highest BCUT2D eigenvalue weighted by Gasteiger charge is 2.14. The first-order valence-electron chi connectivity index (χ1n) is 6.74. The van der Waals surface area contributed by atoms with Gasteiger partial charge < -0.3 is 20.3 Å². The molecule has 0 bridgehead atoms. The topological polar surface area (TPSA) is 108 Å². The second kappa shape index (κ2) is 7.42. The van der Waals surface area contributed by atoms with Crippen molar-refractivity contribution in [2.45, 2.75) is 0 Å². The summed E-state index contributed by atoms with van der Waals surface area (Å²) < 4.78 is 5.10. The summed E-state index contributed by atoms with van der Waals surface area (Å²) in [5, 5.41) is 23.6. The molecule has 0 fully saturated rings. The van der Waals surface area contributed by atoms with E-state index in [4.69, 9.17) is 22.1 Å². The molecule has 0 heterocycles. The number of anilines is 1. The Bertz CT molecular complexity index is 807. The third-order valence-electron chi connectivity index (χ3n) is 3.06. The Hall–Kier alpha value is -3.13. The SMILES string of the molecule is COc1ccccc1C(=O)NC(=S)Nc1ccc(O)c(C(=O)O)c1. The number of phenols is 1. The average Bonchev–Trinajstić information content (AvgIpc) is 2.56. The Kier molecular flexibility index (Phi) is 5.33. The smallest absolute Gasteiger partial charge is 0.339 e. The number of carboxylic acid groups (broad SMARTS) is 1. The number of nitrogens with one attached hydrogen (secondary N) is 2. The predicted octanol–water partition coefficient (Wildman–Crippen LogP) is 2.23. The zero-order valence-electron chi connectivity index (χ0n) is 12.6. The van der Waals surface area contributed by atoms with Gasteiger partial charge >= 0.3 is 5.97 Å². The number of carboxylic acids is 1. The number of hydrogen-bond acceptors (Lipinski definition) is 5. The van der Waals surface area contributed by atoms with Crippen molar-refractivity contribution in [3.05, 3.63) is 53.6 Å². The van der Waals surface area contributed by atoms with Crippen LogP contribution in [-0.4, -0.2) is 34.3 Å². The zero-order valence-corrected chi connectivity index (χ0v) is 13.4. The number of hydrogen-bond donors (Lipinski definition) is 4. The van der Waals surface area contributed by atoms with Crippen LogP contribution in [0.25, 0.3) is 0 Å². The van der Waals surface area contributed by atoms with Crippen molar-refractivity contribution in [3.63, 3.8) is 0 Å². The summed E-state index contributed by atoms with van der Waals surface area (Å²) >= 11 is 5.04. The molecule has 0 aliphatic heterocycles.